The van der Waals surface area contributed by atoms with Crippen molar-refractivity contribution in [3.63, 3.8) is 0 Å². The molecule has 0 saturated carbocycles. The fourth-order valence-corrected chi connectivity index (χ4v) is 4.19. The molecule has 0 bridgehead atoms. The molecule has 0 aliphatic carbocycles. The number of amides is 1. The molecule has 1 saturated heterocycles. The van der Waals surface area contributed by atoms with E-state index in [4.69, 9.17) is 9.47 Å². The fraction of sp³-hybridized carbons (Fsp3) is 0.474. The molecule has 0 unspecified atom stereocenters. The van der Waals surface area contributed by atoms with Crippen molar-refractivity contribution in [2.75, 3.05) is 50.8 Å². The molecule has 2 aromatic rings. The van der Waals surface area contributed by atoms with Gasteiger partial charge in [0.1, 0.15) is 18.1 Å². The summed E-state index contributed by atoms with van der Waals surface area (Å²) < 4.78 is 11.3. The van der Waals surface area contributed by atoms with E-state index in [1.54, 1.807) is 6.20 Å². The molecule has 7 nitrogen and oxygen atoms in total. The topological polar surface area (TPSA) is 66.9 Å². The van der Waals surface area contributed by atoms with E-state index in [2.05, 4.69) is 32.2 Å². The summed E-state index contributed by atoms with van der Waals surface area (Å²) in [5.41, 5.74) is 1.24. The molecule has 8 heteroatoms. The van der Waals surface area contributed by atoms with Crippen LogP contribution in [0.5, 0.6) is 11.5 Å². The smallest absolute Gasteiger partial charge is 0.263 e. The summed E-state index contributed by atoms with van der Waals surface area (Å²) in [6, 6.07) is 6.19. The zero-order valence-corrected chi connectivity index (χ0v) is 16.3. The molecule has 0 radical (unpaired) electrons. The van der Waals surface area contributed by atoms with Crippen LogP contribution in [0.4, 0.5) is 5.13 Å². The third-order valence-electron chi connectivity index (χ3n) is 4.71. The molecule has 3 heterocycles. The van der Waals surface area contributed by atoms with E-state index in [0.717, 1.165) is 49.4 Å². The molecule has 2 aliphatic rings. The highest BCUT2D eigenvalue weighted by Crippen LogP contribution is 2.31. The Morgan fingerprint density at radius 1 is 1.19 bits per heavy atom. The van der Waals surface area contributed by atoms with E-state index in [0.29, 0.717) is 24.6 Å². The molecule has 1 fully saturated rings. The summed E-state index contributed by atoms with van der Waals surface area (Å²) in [7, 11) is 0. The summed E-state index contributed by atoms with van der Waals surface area (Å²) in [6.45, 7) is 8.42. The average molecular weight is 388 g/mol. The predicted octanol–water partition coefficient (Wildman–Crippen LogP) is 1.99. The highest BCUT2D eigenvalue weighted by Gasteiger charge is 2.21. The molecular formula is C19H24N4O3S. The van der Waals surface area contributed by atoms with Crippen LogP contribution in [-0.2, 0) is 6.54 Å². The van der Waals surface area contributed by atoms with Crippen LogP contribution in [0.1, 0.15) is 22.2 Å². The molecule has 144 valence electrons. The van der Waals surface area contributed by atoms with Crippen LogP contribution in [0.3, 0.4) is 0 Å². The number of fused-ring (bicyclic) bond motifs is 1. The number of hydrogen-bond donors (Lipinski definition) is 1. The van der Waals surface area contributed by atoms with Gasteiger partial charge < -0.3 is 19.7 Å². The average Bonchev–Trinajstić information content (AvgIpc) is 3.19. The molecule has 1 aromatic heterocycles. The number of carbonyl (C=O) groups is 1. The Labute approximate surface area is 162 Å². The first-order valence-corrected chi connectivity index (χ1v) is 10.1. The van der Waals surface area contributed by atoms with E-state index in [1.807, 2.05) is 13.0 Å². The number of piperazine rings is 1. The monoisotopic (exact) mass is 388 g/mol. The van der Waals surface area contributed by atoms with Gasteiger partial charge in [-0.1, -0.05) is 17.4 Å². The van der Waals surface area contributed by atoms with Gasteiger partial charge in [-0.15, -0.1) is 0 Å². The Hall–Kier alpha value is -2.32. The summed E-state index contributed by atoms with van der Waals surface area (Å²) in [6.07, 6.45) is 1.67. The van der Waals surface area contributed by atoms with Gasteiger partial charge >= 0.3 is 0 Å². The number of rotatable bonds is 5. The molecule has 0 spiro atoms. The Bertz CT molecular complexity index is 802. The summed E-state index contributed by atoms with van der Waals surface area (Å²) in [5.74, 6) is 1.64. The van der Waals surface area contributed by atoms with Gasteiger partial charge in [0.2, 0.25) is 0 Å². The predicted molar refractivity (Wildman–Crippen MR) is 105 cm³/mol. The number of nitrogens with zero attached hydrogens (tertiary/aromatic N) is 3. The largest absolute Gasteiger partial charge is 0.486 e. The SMILES string of the molecule is CCNC(=O)c1cnc(N2CCN(Cc3ccc4c(c3)OCCO4)CC2)s1. The van der Waals surface area contributed by atoms with Gasteiger partial charge in [0, 0.05) is 39.3 Å². The molecule has 1 N–H and O–H groups in total. The van der Waals surface area contributed by atoms with Gasteiger partial charge in [0.05, 0.1) is 6.20 Å². The van der Waals surface area contributed by atoms with Crippen LogP contribution >= 0.6 is 11.3 Å². The van der Waals surface area contributed by atoms with E-state index < -0.39 is 0 Å². The number of benzene rings is 1. The molecule has 1 aromatic carbocycles. The maximum absolute atomic E-state index is 11.9. The Morgan fingerprint density at radius 3 is 2.74 bits per heavy atom. The lowest BCUT2D eigenvalue weighted by Gasteiger charge is -2.34. The van der Waals surface area contributed by atoms with Crippen LogP contribution in [0.2, 0.25) is 0 Å². The highest BCUT2D eigenvalue weighted by molar-refractivity contribution is 7.17. The van der Waals surface area contributed by atoms with E-state index in [-0.39, 0.29) is 5.91 Å². The molecular weight excluding hydrogens is 364 g/mol. The van der Waals surface area contributed by atoms with Crippen LogP contribution in [0.15, 0.2) is 24.4 Å². The number of aromatic nitrogens is 1. The summed E-state index contributed by atoms with van der Waals surface area (Å²) in [4.78, 5) is 21.7. The molecule has 1 amide bonds. The van der Waals surface area contributed by atoms with Crippen LogP contribution < -0.4 is 19.7 Å². The lowest BCUT2D eigenvalue weighted by molar-refractivity contribution is 0.0959. The van der Waals surface area contributed by atoms with E-state index in [1.165, 1.54) is 16.9 Å². The molecule has 2 aliphatic heterocycles. The molecule has 4 rings (SSSR count). The second kappa shape index (κ2) is 8.14. The minimum atomic E-state index is -0.0431. The first-order chi connectivity index (χ1) is 13.2. The Kier molecular flexibility index (Phi) is 5.45. The van der Waals surface area contributed by atoms with Crippen molar-refractivity contribution in [3.8, 4) is 11.5 Å². The minimum Gasteiger partial charge on any atom is -0.486 e. The highest BCUT2D eigenvalue weighted by atomic mass is 32.1. The third-order valence-corrected chi connectivity index (χ3v) is 5.77. The molecule has 27 heavy (non-hydrogen) atoms. The second-order valence-corrected chi connectivity index (χ2v) is 7.62. The van der Waals surface area contributed by atoms with Crippen molar-refractivity contribution >= 4 is 22.4 Å². The van der Waals surface area contributed by atoms with Crippen LogP contribution in [0, 0.1) is 0 Å². The van der Waals surface area contributed by atoms with Gasteiger partial charge in [0.25, 0.3) is 5.91 Å². The quantitative estimate of drug-likeness (QED) is 0.845. The van der Waals surface area contributed by atoms with E-state index in [9.17, 15) is 4.79 Å². The van der Waals surface area contributed by atoms with Crippen molar-refractivity contribution in [2.45, 2.75) is 13.5 Å². The summed E-state index contributed by atoms with van der Waals surface area (Å²) in [5, 5.41) is 3.75. The van der Waals surface area contributed by atoms with Crippen LogP contribution in [0.25, 0.3) is 0 Å². The number of anilines is 1. The Morgan fingerprint density at radius 2 is 1.96 bits per heavy atom. The standard InChI is InChI=1S/C19H24N4O3S/c1-2-20-18(24)17-12-21-19(27-17)23-7-5-22(6-8-23)13-14-3-4-15-16(11-14)26-10-9-25-15/h3-4,11-12H,2,5-10,13H2,1H3,(H,20,24). The van der Waals surface area contributed by atoms with Gasteiger partial charge in [0.15, 0.2) is 16.6 Å². The number of nitrogens with one attached hydrogen (secondary N) is 1. The van der Waals surface area contributed by atoms with Crippen molar-refractivity contribution in [1.29, 1.82) is 0 Å². The lowest BCUT2D eigenvalue weighted by Crippen LogP contribution is -2.45. The Balaban J connectivity index is 1.32. The number of hydrogen-bond acceptors (Lipinski definition) is 7. The van der Waals surface area contributed by atoms with Crippen molar-refractivity contribution in [2.24, 2.45) is 0 Å². The zero-order chi connectivity index (χ0) is 18.6. The van der Waals surface area contributed by atoms with Crippen molar-refractivity contribution < 1.29 is 14.3 Å². The first-order valence-electron chi connectivity index (χ1n) is 9.33. The zero-order valence-electron chi connectivity index (χ0n) is 15.4. The van der Waals surface area contributed by atoms with Gasteiger partial charge in [-0.05, 0) is 24.6 Å². The summed E-state index contributed by atoms with van der Waals surface area (Å²) >= 11 is 1.46. The maximum Gasteiger partial charge on any atom is 0.263 e. The number of carbonyl (C=O) groups excluding carboxylic acids is 1. The van der Waals surface area contributed by atoms with Crippen LogP contribution in [-0.4, -0.2) is 61.7 Å². The first kappa shape index (κ1) is 18.1. The van der Waals surface area contributed by atoms with Gasteiger partial charge in [-0.2, -0.15) is 0 Å². The fourth-order valence-electron chi connectivity index (χ4n) is 3.31. The molecule has 0 atom stereocenters. The van der Waals surface area contributed by atoms with Crippen molar-refractivity contribution in [3.05, 3.63) is 34.8 Å². The van der Waals surface area contributed by atoms with Crippen molar-refractivity contribution in [1.82, 2.24) is 15.2 Å². The third kappa shape index (κ3) is 4.17. The minimum absolute atomic E-state index is 0.0431. The normalized spacial score (nSPS) is 17.0. The van der Waals surface area contributed by atoms with Gasteiger partial charge in [-0.3, -0.25) is 9.69 Å². The number of ether oxygens (including phenoxy) is 2. The second-order valence-electron chi connectivity index (χ2n) is 6.61. The maximum atomic E-state index is 11.9. The lowest BCUT2D eigenvalue weighted by atomic mass is 10.1. The van der Waals surface area contributed by atoms with E-state index >= 15 is 0 Å². The van der Waals surface area contributed by atoms with Gasteiger partial charge in [-0.25, -0.2) is 4.98 Å². The number of thiazole rings is 1.